The predicted octanol–water partition coefficient (Wildman–Crippen LogP) is -1.21. The van der Waals surface area contributed by atoms with Crippen molar-refractivity contribution >= 4 is 21.8 Å². The zero-order valence-corrected chi connectivity index (χ0v) is 11.7. The number of carboxylic acids is 1. The van der Waals surface area contributed by atoms with Crippen molar-refractivity contribution in [2.75, 3.05) is 18.1 Å². The minimum Gasteiger partial charge on any atom is -0.480 e. The molecule has 2 amide bonds. The zero-order chi connectivity index (χ0) is 14.9. The molecule has 0 radical (unpaired) electrons. The lowest BCUT2D eigenvalue weighted by atomic mass is 10.2. The van der Waals surface area contributed by atoms with Crippen molar-refractivity contribution in [3.8, 4) is 0 Å². The van der Waals surface area contributed by atoms with E-state index in [4.69, 9.17) is 5.11 Å². The Morgan fingerprint density at radius 2 is 2.00 bits per heavy atom. The highest BCUT2D eigenvalue weighted by molar-refractivity contribution is 7.91. The van der Waals surface area contributed by atoms with Crippen molar-refractivity contribution in [1.82, 2.24) is 10.2 Å². The van der Waals surface area contributed by atoms with E-state index in [-0.39, 0.29) is 24.5 Å². The molecule has 0 spiro atoms. The van der Waals surface area contributed by atoms with Gasteiger partial charge in [-0.2, -0.15) is 0 Å². The van der Waals surface area contributed by atoms with E-state index in [0.29, 0.717) is 12.8 Å². The molecule has 2 fully saturated rings. The fourth-order valence-electron chi connectivity index (χ4n) is 2.67. The molecule has 2 aliphatic rings. The number of nitrogens with zero attached hydrogens (tertiary/aromatic N) is 1. The molecular formula is C11H18N2O6S. The molecule has 2 rings (SSSR count). The van der Waals surface area contributed by atoms with Gasteiger partial charge in [-0.15, -0.1) is 0 Å². The monoisotopic (exact) mass is 306 g/mol. The predicted molar refractivity (Wildman–Crippen MR) is 69.0 cm³/mol. The quantitative estimate of drug-likeness (QED) is 0.588. The smallest absolute Gasteiger partial charge is 0.326 e. The Hall–Kier alpha value is -1.35. The van der Waals surface area contributed by atoms with Crippen LogP contribution in [0.2, 0.25) is 0 Å². The van der Waals surface area contributed by atoms with Gasteiger partial charge >= 0.3 is 12.0 Å². The average Bonchev–Trinajstić information content (AvgIpc) is 2.70. The number of rotatable bonds is 2. The Labute approximate surface area is 116 Å². The fourth-order valence-corrected chi connectivity index (χ4v) is 4.30. The maximum atomic E-state index is 12.0. The lowest BCUT2D eigenvalue weighted by molar-refractivity contribution is -0.141. The van der Waals surface area contributed by atoms with E-state index in [1.54, 1.807) is 0 Å². The van der Waals surface area contributed by atoms with Crippen molar-refractivity contribution in [1.29, 1.82) is 0 Å². The van der Waals surface area contributed by atoms with Crippen molar-refractivity contribution in [2.24, 2.45) is 0 Å². The summed E-state index contributed by atoms with van der Waals surface area (Å²) < 4.78 is 23.0. The van der Waals surface area contributed by atoms with Gasteiger partial charge < -0.3 is 20.4 Å². The summed E-state index contributed by atoms with van der Waals surface area (Å²) in [5.41, 5.74) is 0. The number of aliphatic hydroxyl groups is 1. The third-order valence-electron chi connectivity index (χ3n) is 3.62. The molecule has 3 atom stereocenters. The molecule has 9 heteroatoms. The lowest BCUT2D eigenvalue weighted by Gasteiger charge is -2.27. The Morgan fingerprint density at radius 1 is 1.30 bits per heavy atom. The minimum atomic E-state index is -3.14. The molecular weight excluding hydrogens is 288 g/mol. The van der Waals surface area contributed by atoms with E-state index in [2.05, 4.69) is 5.32 Å². The second-order valence-corrected chi connectivity index (χ2v) is 7.53. The molecule has 1 unspecified atom stereocenters. The van der Waals surface area contributed by atoms with Crippen LogP contribution in [0.5, 0.6) is 0 Å². The summed E-state index contributed by atoms with van der Waals surface area (Å²) >= 11 is 0. The summed E-state index contributed by atoms with van der Waals surface area (Å²) in [7, 11) is -3.14. The number of aliphatic carboxylic acids is 1. The number of nitrogens with one attached hydrogen (secondary N) is 1. The first-order valence-electron chi connectivity index (χ1n) is 6.47. The van der Waals surface area contributed by atoms with Crippen molar-refractivity contribution in [3.63, 3.8) is 0 Å². The molecule has 2 aliphatic heterocycles. The lowest BCUT2D eigenvalue weighted by Crippen LogP contribution is -2.51. The zero-order valence-electron chi connectivity index (χ0n) is 10.9. The van der Waals surface area contributed by atoms with Crippen LogP contribution in [0.1, 0.15) is 19.3 Å². The first kappa shape index (κ1) is 15.0. The van der Waals surface area contributed by atoms with Gasteiger partial charge in [0.15, 0.2) is 9.84 Å². The van der Waals surface area contributed by atoms with Gasteiger partial charge in [0.1, 0.15) is 6.04 Å². The maximum absolute atomic E-state index is 12.0. The van der Waals surface area contributed by atoms with Crippen molar-refractivity contribution in [3.05, 3.63) is 0 Å². The third kappa shape index (κ3) is 3.40. The number of urea groups is 1. The molecule has 114 valence electrons. The van der Waals surface area contributed by atoms with Crippen LogP contribution in [0.15, 0.2) is 0 Å². The summed E-state index contributed by atoms with van der Waals surface area (Å²) in [4.78, 5) is 24.1. The Bertz CT molecular complexity index is 505. The van der Waals surface area contributed by atoms with Gasteiger partial charge in [-0.3, -0.25) is 0 Å². The number of amides is 2. The number of hydrogen-bond donors (Lipinski definition) is 3. The minimum absolute atomic E-state index is 0.00822. The topological polar surface area (TPSA) is 124 Å². The number of hydrogen-bond acceptors (Lipinski definition) is 5. The van der Waals surface area contributed by atoms with Gasteiger partial charge in [0.25, 0.3) is 0 Å². The SMILES string of the molecule is O=C(O)[C@@H]1C[C@@H](O)CN1C(=O)NC1CCCS(=O)(=O)C1. The van der Waals surface area contributed by atoms with Crippen LogP contribution in [0, 0.1) is 0 Å². The highest BCUT2D eigenvalue weighted by Crippen LogP contribution is 2.19. The molecule has 20 heavy (non-hydrogen) atoms. The van der Waals surface area contributed by atoms with Crippen LogP contribution in [-0.2, 0) is 14.6 Å². The number of carboxylic acid groups (broad SMARTS) is 1. The Balaban J connectivity index is 1.99. The number of sulfone groups is 1. The Morgan fingerprint density at radius 3 is 2.60 bits per heavy atom. The number of carbonyl (C=O) groups excluding carboxylic acids is 1. The van der Waals surface area contributed by atoms with Gasteiger partial charge in [-0.05, 0) is 12.8 Å². The number of carbonyl (C=O) groups is 2. The van der Waals surface area contributed by atoms with Crippen molar-refractivity contribution < 1.29 is 28.2 Å². The normalized spacial score (nSPS) is 32.9. The Kier molecular flexibility index (Phi) is 4.19. The van der Waals surface area contributed by atoms with Gasteiger partial charge in [-0.25, -0.2) is 18.0 Å². The molecule has 0 aromatic carbocycles. The number of aliphatic hydroxyl groups excluding tert-OH is 1. The summed E-state index contributed by atoms with van der Waals surface area (Å²) in [5, 5.41) is 21.0. The summed E-state index contributed by atoms with van der Waals surface area (Å²) in [6.45, 7) is -0.0533. The molecule has 2 saturated heterocycles. The maximum Gasteiger partial charge on any atom is 0.326 e. The van der Waals surface area contributed by atoms with Crippen LogP contribution in [0.25, 0.3) is 0 Å². The summed E-state index contributed by atoms with van der Waals surface area (Å²) in [6.07, 6.45) is 0.167. The van der Waals surface area contributed by atoms with Crippen LogP contribution in [0.3, 0.4) is 0 Å². The van der Waals surface area contributed by atoms with E-state index >= 15 is 0 Å². The van der Waals surface area contributed by atoms with E-state index in [0.717, 1.165) is 4.90 Å². The van der Waals surface area contributed by atoms with E-state index in [9.17, 15) is 23.1 Å². The number of likely N-dealkylation sites (tertiary alicyclic amines) is 1. The second-order valence-electron chi connectivity index (χ2n) is 5.30. The molecule has 0 aromatic heterocycles. The van der Waals surface area contributed by atoms with Crippen molar-refractivity contribution in [2.45, 2.75) is 37.5 Å². The third-order valence-corrected chi connectivity index (χ3v) is 5.44. The largest absolute Gasteiger partial charge is 0.480 e. The fraction of sp³-hybridized carbons (Fsp3) is 0.818. The highest BCUT2D eigenvalue weighted by Gasteiger charge is 2.40. The molecule has 2 heterocycles. The number of β-amino-alcohol motifs (C(OH)–C–C–N with tert-alkyl or cyclic N) is 1. The van der Waals surface area contributed by atoms with Gasteiger partial charge in [0.2, 0.25) is 0 Å². The highest BCUT2D eigenvalue weighted by atomic mass is 32.2. The van der Waals surface area contributed by atoms with Crippen LogP contribution >= 0.6 is 0 Å². The summed E-state index contributed by atoms with van der Waals surface area (Å²) in [6, 6.07) is -2.19. The molecule has 3 N–H and O–H groups in total. The molecule has 0 saturated carbocycles. The first-order chi connectivity index (χ1) is 9.28. The van der Waals surface area contributed by atoms with Crippen LogP contribution in [-0.4, -0.2) is 71.8 Å². The van der Waals surface area contributed by atoms with E-state index < -0.39 is 40.0 Å². The van der Waals surface area contributed by atoms with E-state index in [1.165, 1.54) is 0 Å². The standard InChI is InChI=1S/C11H18N2O6S/c14-8-4-9(10(15)16)13(5-8)11(17)12-7-2-1-3-20(18,19)6-7/h7-9,14H,1-6H2,(H,12,17)(H,15,16)/t7?,8-,9+/m1/s1. The van der Waals surface area contributed by atoms with Gasteiger partial charge in [0.05, 0.1) is 17.6 Å². The first-order valence-corrected chi connectivity index (χ1v) is 8.29. The molecule has 8 nitrogen and oxygen atoms in total. The molecule has 0 bridgehead atoms. The second kappa shape index (κ2) is 5.57. The molecule has 0 aromatic rings. The van der Waals surface area contributed by atoms with Crippen LogP contribution < -0.4 is 5.32 Å². The van der Waals surface area contributed by atoms with Crippen LogP contribution in [0.4, 0.5) is 4.79 Å². The van der Waals surface area contributed by atoms with Gasteiger partial charge in [-0.1, -0.05) is 0 Å². The average molecular weight is 306 g/mol. The summed E-state index contributed by atoms with van der Waals surface area (Å²) in [5.74, 6) is -1.17. The van der Waals surface area contributed by atoms with E-state index in [1.807, 2.05) is 0 Å². The van der Waals surface area contributed by atoms with Gasteiger partial charge in [0, 0.05) is 19.0 Å². The molecule has 0 aliphatic carbocycles.